The number of carbonyl (C=O) groups is 1. The zero-order valence-electron chi connectivity index (χ0n) is 7.25. The fourth-order valence-corrected chi connectivity index (χ4v) is 1.44. The van der Waals surface area contributed by atoms with Crippen LogP contribution in [0, 0.1) is 0 Å². The monoisotopic (exact) mass is 175 g/mol. The molecule has 1 heterocycles. The first kappa shape index (κ1) is 9.45. The van der Waals surface area contributed by atoms with Crippen molar-refractivity contribution in [3.63, 3.8) is 0 Å². The number of likely N-dealkylation sites (N-methyl/N-ethyl adjacent to an activating group) is 1. The summed E-state index contributed by atoms with van der Waals surface area (Å²) in [4.78, 5) is 13.1. The minimum absolute atomic E-state index is 0.108. The molecule has 1 aliphatic rings. The maximum Gasteiger partial charge on any atom is 0.323 e. The summed E-state index contributed by atoms with van der Waals surface area (Å²) in [6.45, 7) is 0.223. The van der Waals surface area contributed by atoms with Crippen LogP contribution in [0.5, 0.6) is 0 Å². The van der Waals surface area contributed by atoms with Gasteiger partial charge in [-0.2, -0.15) is 0 Å². The Labute approximate surface area is 71.5 Å². The molecule has 1 fully saturated rings. The molecule has 0 spiro atoms. The molecular weight excluding hydrogens is 161 g/mol. The summed E-state index contributed by atoms with van der Waals surface area (Å²) in [5.41, 5.74) is 0. The Kier molecular flexibility index (Phi) is 3.47. The lowest BCUT2D eigenvalue weighted by atomic mass is 10.2. The second kappa shape index (κ2) is 4.40. The molecular formula is C8H14FNO2. The second-order valence-electron chi connectivity index (χ2n) is 3.00. The lowest BCUT2D eigenvalue weighted by Crippen LogP contribution is -2.34. The number of ether oxygens (including phenoxy) is 1. The summed E-state index contributed by atoms with van der Waals surface area (Å²) in [5.74, 6) is -0.285. The van der Waals surface area contributed by atoms with Gasteiger partial charge in [-0.05, 0) is 26.4 Å². The van der Waals surface area contributed by atoms with Gasteiger partial charge in [-0.25, -0.2) is 4.39 Å². The number of esters is 1. The minimum Gasteiger partial charge on any atom is -0.462 e. The highest BCUT2D eigenvalue weighted by Crippen LogP contribution is 2.15. The van der Waals surface area contributed by atoms with Gasteiger partial charge in [-0.1, -0.05) is 0 Å². The Morgan fingerprint density at radius 3 is 3.00 bits per heavy atom. The van der Waals surface area contributed by atoms with Gasteiger partial charge in [0.2, 0.25) is 0 Å². The largest absolute Gasteiger partial charge is 0.462 e. The van der Waals surface area contributed by atoms with Crippen LogP contribution in [0.3, 0.4) is 0 Å². The highest BCUT2D eigenvalue weighted by atomic mass is 19.1. The molecule has 0 saturated carbocycles. The van der Waals surface area contributed by atoms with Gasteiger partial charge in [0, 0.05) is 0 Å². The molecule has 0 N–H and O–H groups in total. The predicted molar refractivity (Wildman–Crippen MR) is 42.6 cm³/mol. The van der Waals surface area contributed by atoms with Crippen LogP contribution in [0.2, 0.25) is 0 Å². The lowest BCUT2D eigenvalue weighted by Gasteiger charge is -2.16. The van der Waals surface area contributed by atoms with Crippen molar-refractivity contribution in [3.8, 4) is 0 Å². The van der Waals surface area contributed by atoms with E-state index in [1.807, 2.05) is 11.9 Å². The van der Waals surface area contributed by atoms with Crippen LogP contribution in [-0.2, 0) is 9.53 Å². The molecule has 70 valence electrons. The highest BCUT2D eigenvalue weighted by molar-refractivity contribution is 5.76. The normalized spacial score (nSPS) is 24.3. The summed E-state index contributed by atoms with van der Waals surface area (Å²) in [6.07, 6.45) is 1.85. The Hall–Kier alpha value is -0.640. The number of nitrogens with zero attached hydrogens (tertiary/aromatic N) is 1. The van der Waals surface area contributed by atoms with Crippen LogP contribution >= 0.6 is 0 Å². The van der Waals surface area contributed by atoms with E-state index in [9.17, 15) is 9.18 Å². The number of hydrogen-bond donors (Lipinski definition) is 0. The molecule has 1 rings (SSSR count). The van der Waals surface area contributed by atoms with Crippen molar-refractivity contribution >= 4 is 5.97 Å². The lowest BCUT2D eigenvalue weighted by molar-refractivity contribution is -0.148. The van der Waals surface area contributed by atoms with E-state index in [1.165, 1.54) is 0 Å². The number of halogens is 1. The molecule has 0 aliphatic carbocycles. The minimum atomic E-state index is -0.595. The third-order valence-electron chi connectivity index (χ3n) is 2.11. The van der Waals surface area contributed by atoms with E-state index in [4.69, 9.17) is 0 Å². The highest BCUT2D eigenvalue weighted by Gasteiger charge is 2.28. The third kappa shape index (κ3) is 2.17. The zero-order valence-corrected chi connectivity index (χ0v) is 7.25. The maximum absolute atomic E-state index is 11.6. The topological polar surface area (TPSA) is 29.5 Å². The summed E-state index contributed by atoms with van der Waals surface area (Å²) < 4.78 is 16.3. The molecule has 4 heteroatoms. The molecule has 0 bridgehead atoms. The summed E-state index contributed by atoms with van der Waals surface area (Å²) in [6, 6.07) is -0.142. The fraction of sp³-hybridized carbons (Fsp3) is 0.875. The first-order valence-electron chi connectivity index (χ1n) is 4.18. The molecule has 3 nitrogen and oxygen atoms in total. The van der Waals surface area contributed by atoms with Gasteiger partial charge in [0.1, 0.15) is 19.3 Å². The molecule has 1 atom stereocenters. The van der Waals surface area contributed by atoms with Gasteiger partial charge >= 0.3 is 5.97 Å². The van der Waals surface area contributed by atoms with Crippen LogP contribution in [0.25, 0.3) is 0 Å². The summed E-state index contributed by atoms with van der Waals surface area (Å²) in [7, 11) is 1.88. The number of alkyl halides is 1. The Bertz CT molecular complexity index is 163. The van der Waals surface area contributed by atoms with Gasteiger partial charge in [-0.15, -0.1) is 0 Å². The van der Waals surface area contributed by atoms with Crippen LogP contribution < -0.4 is 0 Å². The first-order chi connectivity index (χ1) is 5.75. The molecule has 0 aromatic carbocycles. The molecule has 1 saturated heterocycles. The van der Waals surface area contributed by atoms with Crippen LogP contribution in [0.1, 0.15) is 12.8 Å². The van der Waals surface area contributed by atoms with Gasteiger partial charge < -0.3 is 4.74 Å². The van der Waals surface area contributed by atoms with Gasteiger partial charge in [-0.3, -0.25) is 9.69 Å². The van der Waals surface area contributed by atoms with Crippen LogP contribution in [-0.4, -0.2) is 43.8 Å². The smallest absolute Gasteiger partial charge is 0.323 e. The van der Waals surface area contributed by atoms with E-state index in [0.717, 1.165) is 19.4 Å². The Morgan fingerprint density at radius 1 is 1.75 bits per heavy atom. The van der Waals surface area contributed by atoms with Crippen molar-refractivity contribution in [3.05, 3.63) is 0 Å². The van der Waals surface area contributed by atoms with Crippen molar-refractivity contribution in [2.75, 3.05) is 26.9 Å². The number of rotatable bonds is 3. The average molecular weight is 175 g/mol. The van der Waals surface area contributed by atoms with E-state index in [0.29, 0.717) is 0 Å². The molecule has 1 aliphatic heterocycles. The van der Waals surface area contributed by atoms with E-state index >= 15 is 0 Å². The van der Waals surface area contributed by atoms with Gasteiger partial charge in [0.15, 0.2) is 0 Å². The molecule has 0 radical (unpaired) electrons. The maximum atomic E-state index is 11.6. The molecule has 0 amide bonds. The summed E-state index contributed by atoms with van der Waals surface area (Å²) >= 11 is 0. The average Bonchev–Trinajstić information content (AvgIpc) is 2.47. The molecule has 0 aromatic rings. The van der Waals surface area contributed by atoms with Gasteiger partial charge in [0.25, 0.3) is 0 Å². The van der Waals surface area contributed by atoms with Crippen molar-refractivity contribution < 1.29 is 13.9 Å². The SMILES string of the molecule is CN1CCCC1C(=O)OCCF. The van der Waals surface area contributed by atoms with E-state index < -0.39 is 6.67 Å². The van der Waals surface area contributed by atoms with Crippen molar-refractivity contribution in [1.29, 1.82) is 0 Å². The Balaban J connectivity index is 2.30. The van der Waals surface area contributed by atoms with E-state index in [1.54, 1.807) is 0 Å². The first-order valence-corrected chi connectivity index (χ1v) is 4.18. The molecule has 0 aromatic heterocycles. The van der Waals surface area contributed by atoms with Crippen LogP contribution in [0.15, 0.2) is 0 Å². The van der Waals surface area contributed by atoms with Crippen LogP contribution in [0.4, 0.5) is 4.39 Å². The third-order valence-corrected chi connectivity index (χ3v) is 2.11. The number of carbonyl (C=O) groups excluding carboxylic acids is 1. The quantitative estimate of drug-likeness (QED) is 0.588. The van der Waals surface area contributed by atoms with E-state index in [-0.39, 0.29) is 18.6 Å². The summed E-state index contributed by atoms with van der Waals surface area (Å²) in [5, 5.41) is 0. The van der Waals surface area contributed by atoms with E-state index in [2.05, 4.69) is 4.74 Å². The predicted octanol–water partition coefficient (Wildman–Crippen LogP) is 0.593. The fourth-order valence-electron chi connectivity index (χ4n) is 1.44. The molecule has 1 unspecified atom stereocenters. The molecule has 12 heavy (non-hydrogen) atoms. The standard InChI is InChI=1S/C8H14FNO2/c1-10-5-2-3-7(10)8(11)12-6-4-9/h7H,2-6H2,1H3. The zero-order chi connectivity index (χ0) is 8.97. The second-order valence-corrected chi connectivity index (χ2v) is 3.00. The number of hydrogen-bond acceptors (Lipinski definition) is 3. The Morgan fingerprint density at radius 2 is 2.50 bits per heavy atom. The van der Waals surface area contributed by atoms with Gasteiger partial charge in [0.05, 0.1) is 0 Å². The van der Waals surface area contributed by atoms with Crippen molar-refractivity contribution in [2.45, 2.75) is 18.9 Å². The number of likely N-dealkylation sites (tertiary alicyclic amines) is 1. The van der Waals surface area contributed by atoms with Crippen molar-refractivity contribution in [2.24, 2.45) is 0 Å². The van der Waals surface area contributed by atoms with Crippen molar-refractivity contribution in [1.82, 2.24) is 4.90 Å².